The smallest absolute Gasteiger partial charge is 0.274 e. The van der Waals surface area contributed by atoms with E-state index in [1.54, 1.807) is 4.90 Å². The first kappa shape index (κ1) is 16.5. The van der Waals surface area contributed by atoms with Crippen molar-refractivity contribution in [1.29, 1.82) is 0 Å². The van der Waals surface area contributed by atoms with E-state index in [9.17, 15) is 14.4 Å². The molecule has 0 saturated carbocycles. The molecule has 1 fully saturated rings. The van der Waals surface area contributed by atoms with Crippen molar-refractivity contribution in [3.8, 4) is 0 Å². The van der Waals surface area contributed by atoms with Crippen molar-refractivity contribution in [1.82, 2.24) is 19.6 Å². The number of amides is 1. The van der Waals surface area contributed by atoms with Gasteiger partial charge in [-0.05, 0) is 17.5 Å². The van der Waals surface area contributed by atoms with E-state index in [2.05, 4.69) is 10.00 Å². The summed E-state index contributed by atoms with van der Waals surface area (Å²) in [5.74, 6) is -0.0701. The highest BCUT2D eigenvalue weighted by Gasteiger charge is 2.24. The van der Waals surface area contributed by atoms with Crippen LogP contribution in [0, 0.1) is 0 Å². The van der Waals surface area contributed by atoms with Gasteiger partial charge in [-0.3, -0.25) is 19.3 Å². The molecular formula is C16H18N4O3S. The minimum atomic E-state index is -0.247. The summed E-state index contributed by atoms with van der Waals surface area (Å²) >= 11 is 1.45. The van der Waals surface area contributed by atoms with Gasteiger partial charge in [0.15, 0.2) is 5.78 Å². The molecule has 0 unspecified atom stereocenters. The van der Waals surface area contributed by atoms with E-state index in [4.69, 9.17) is 0 Å². The number of Topliss-reactive ketones (excluding diaryl/α,β-unsaturated/α-hetero) is 1. The van der Waals surface area contributed by atoms with Crippen LogP contribution in [0.2, 0.25) is 0 Å². The van der Waals surface area contributed by atoms with Crippen molar-refractivity contribution in [3.05, 3.63) is 50.6 Å². The van der Waals surface area contributed by atoms with E-state index in [-0.39, 0.29) is 22.9 Å². The van der Waals surface area contributed by atoms with Crippen LogP contribution in [0.15, 0.2) is 34.4 Å². The number of nitrogens with zero attached hydrogens (tertiary/aromatic N) is 4. The summed E-state index contributed by atoms with van der Waals surface area (Å²) in [7, 11) is 1.52. The molecule has 0 aromatic carbocycles. The molecule has 0 N–H and O–H groups in total. The third-order valence-corrected chi connectivity index (χ3v) is 4.91. The Balaban J connectivity index is 1.56. The fourth-order valence-corrected chi connectivity index (χ4v) is 3.26. The second-order valence-electron chi connectivity index (χ2n) is 5.65. The predicted molar refractivity (Wildman–Crippen MR) is 90.5 cm³/mol. The summed E-state index contributed by atoms with van der Waals surface area (Å²) in [6, 6.07) is 6.50. The van der Waals surface area contributed by atoms with Gasteiger partial charge in [0.05, 0.1) is 11.4 Å². The van der Waals surface area contributed by atoms with Crippen LogP contribution in [0.25, 0.3) is 0 Å². The van der Waals surface area contributed by atoms with Crippen molar-refractivity contribution >= 4 is 23.0 Å². The molecule has 0 aliphatic carbocycles. The van der Waals surface area contributed by atoms with E-state index >= 15 is 0 Å². The lowest BCUT2D eigenvalue weighted by molar-refractivity contribution is 0.0617. The molecule has 0 radical (unpaired) electrons. The minimum absolute atomic E-state index is 0.115. The number of hydrogen-bond donors (Lipinski definition) is 0. The molecule has 1 aliphatic rings. The first-order chi connectivity index (χ1) is 11.5. The Kier molecular flexibility index (Phi) is 4.86. The summed E-state index contributed by atoms with van der Waals surface area (Å²) in [4.78, 5) is 40.4. The molecule has 0 atom stereocenters. The number of aryl methyl sites for hydroxylation is 1. The van der Waals surface area contributed by atoms with Gasteiger partial charge in [-0.2, -0.15) is 5.10 Å². The highest BCUT2D eigenvalue weighted by atomic mass is 32.1. The molecule has 7 nitrogen and oxygen atoms in total. The van der Waals surface area contributed by atoms with Gasteiger partial charge in [0, 0.05) is 39.3 Å². The summed E-state index contributed by atoms with van der Waals surface area (Å²) in [5, 5.41) is 5.89. The maximum atomic E-state index is 12.4. The van der Waals surface area contributed by atoms with E-state index in [1.165, 1.54) is 30.5 Å². The number of thiophene rings is 1. The molecule has 1 amide bonds. The number of aromatic nitrogens is 2. The Labute approximate surface area is 143 Å². The van der Waals surface area contributed by atoms with E-state index in [0.717, 1.165) is 9.56 Å². The largest absolute Gasteiger partial charge is 0.335 e. The third kappa shape index (κ3) is 3.60. The third-order valence-electron chi connectivity index (χ3n) is 4.00. The average Bonchev–Trinajstić information content (AvgIpc) is 3.12. The van der Waals surface area contributed by atoms with Crippen LogP contribution in [0.1, 0.15) is 20.2 Å². The first-order valence-electron chi connectivity index (χ1n) is 7.67. The molecule has 2 aromatic heterocycles. The molecule has 0 bridgehead atoms. The molecular weight excluding hydrogens is 328 g/mol. The molecule has 126 valence electrons. The topological polar surface area (TPSA) is 75.5 Å². The summed E-state index contributed by atoms with van der Waals surface area (Å²) < 4.78 is 1.16. The molecule has 0 spiro atoms. The van der Waals surface area contributed by atoms with E-state index in [0.29, 0.717) is 32.7 Å². The minimum Gasteiger partial charge on any atom is -0.335 e. The summed E-state index contributed by atoms with van der Waals surface area (Å²) in [6.07, 6.45) is 0. The highest BCUT2D eigenvalue weighted by Crippen LogP contribution is 2.12. The maximum absolute atomic E-state index is 12.4. The number of carbonyl (C=O) groups excluding carboxylic acids is 2. The zero-order valence-electron chi connectivity index (χ0n) is 13.3. The zero-order chi connectivity index (χ0) is 17.1. The van der Waals surface area contributed by atoms with Gasteiger partial charge in [0.2, 0.25) is 0 Å². The van der Waals surface area contributed by atoms with Crippen LogP contribution in [0.3, 0.4) is 0 Å². The van der Waals surface area contributed by atoms with Gasteiger partial charge in [-0.1, -0.05) is 6.07 Å². The lowest BCUT2D eigenvalue weighted by atomic mass is 10.2. The molecule has 1 saturated heterocycles. The second-order valence-corrected chi connectivity index (χ2v) is 6.60. The van der Waals surface area contributed by atoms with E-state index < -0.39 is 0 Å². The molecule has 2 aromatic rings. The average molecular weight is 346 g/mol. The van der Waals surface area contributed by atoms with E-state index in [1.807, 2.05) is 17.5 Å². The summed E-state index contributed by atoms with van der Waals surface area (Å²) in [6.45, 7) is 2.76. The number of piperazine rings is 1. The monoisotopic (exact) mass is 346 g/mol. The van der Waals surface area contributed by atoms with Crippen molar-refractivity contribution in [2.45, 2.75) is 0 Å². The lowest BCUT2D eigenvalue weighted by Gasteiger charge is -2.34. The van der Waals surface area contributed by atoms with Gasteiger partial charge in [0.1, 0.15) is 5.69 Å². The molecule has 24 heavy (non-hydrogen) atoms. The van der Waals surface area contributed by atoms with Crippen molar-refractivity contribution in [3.63, 3.8) is 0 Å². The predicted octanol–water partition coefficient (Wildman–Crippen LogP) is 0.483. The van der Waals surface area contributed by atoms with Crippen molar-refractivity contribution < 1.29 is 9.59 Å². The number of ketones is 1. The van der Waals surface area contributed by atoms with Gasteiger partial charge in [-0.25, -0.2) is 4.68 Å². The number of carbonyl (C=O) groups is 2. The molecule has 3 rings (SSSR count). The molecule has 1 aliphatic heterocycles. The Bertz CT molecular complexity index is 792. The fraction of sp³-hybridized carbons (Fsp3) is 0.375. The Hall–Kier alpha value is -2.32. The van der Waals surface area contributed by atoms with Crippen LogP contribution in [0.5, 0.6) is 0 Å². The van der Waals surface area contributed by atoms with Crippen molar-refractivity contribution in [2.75, 3.05) is 32.7 Å². The quantitative estimate of drug-likeness (QED) is 0.753. The van der Waals surface area contributed by atoms with Crippen molar-refractivity contribution in [2.24, 2.45) is 7.05 Å². The number of rotatable bonds is 4. The Morgan fingerprint density at radius 1 is 1.17 bits per heavy atom. The molecule has 3 heterocycles. The number of hydrogen-bond acceptors (Lipinski definition) is 6. The Morgan fingerprint density at radius 2 is 1.92 bits per heavy atom. The zero-order valence-corrected chi connectivity index (χ0v) is 14.2. The SMILES string of the molecule is Cn1nc(C(=O)N2CCN(CC(=O)c3cccs3)CC2)ccc1=O. The van der Waals surface area contributed by atoms with Crippen LogP contribution in [0.4, 0.5) is 0 Å². The molecule has 8 heteroatoms. The van der Waals surface area contributed by atoms with Crippen LogP contribution in [-0.4, -0.2) is 64.0 Å². The van der Waals surface area contributed by atoms with Crippen LogP contribution < -0.4 is 5.56 Å². The Morgan fingerprint density at radius 3 is 2.54 bits per heavy atom. The standard InChI is InChI=1S/C16H18N4O3S/c1-18-15(22)5-4-12(17-18)16(23)20-8-6-19(7-9-20)11-13(21)14-3-2-10-24-14/h2-5,10H,6-9,11H2,1H3. The maximum Gasteiger partial charge on any atom is 0.274 e. The highest BCUT2D eigenvalue weighted by molar-refractivity contribution is 7.12. The van der Waals surface area contributed by atoms with Gasteiger partial charge < -0.3 is 4.90 Å². The summed E-state index contributed by atoms with van der Waals surface area (Å²) in [5.41, 5.74) is 0.0173. The fourth-order valence-electron chi connectivity index (χ4n) is 2.61. The van der Waals surface area contributed by atoms with Crippen LogP contribution >= 0.6 is 11.3 Å². The normalized spacial score (nSPS) is 15.5. The van der Waals surface area contributed by atoms with Crippen LogP contribution in [-0.2, 0) is 7.05 Å². The van der Waals surface area contributed by atoms with Gasteiger partial charge >= 0.3 is 0 Å². The second kappa shape index (κ2) is 7.06. The lowest BCUT2D eigenvalue weighted by Crippen LogP contribution is -2.50. The van der Waals surface area contributed by atoms with Gasteiger partial charge in [-0.15, -0.1) is 11.3 Å². The van der Waals surface area contributed by atoms with Gasteiger partial charge in [0.25, 0.3) is 11.5 Å². The first-order valence-corrected chi connectivity index (χ1v) is 8.55.